The Bertz CT molecular complexity index is 1090. The number of aromatic nitrogens is 2. The summed E-state index contributed by atoms with van der Waals surface area (Å²) in [6.07, 6.45) is 6.99. The zero-order valence-electron chi connectivity index (χ0n) is 15.1. The number of nitrogens with two attached hydrogens (primary N) is 1. The van der Waals surface area contributed by atoms with Crippen LogP contribution in [0.2, 0.25) is 0 Å². The van der Waals surface area contributed by atoms with E-state index >= 15 is 0 Å². The van der Waals surface area contributed by atoms with Crippen molar-refractivity contribution in [2.75, 3.05) is 5.32 Å². The third kappa shape index (κ3) is 3.56. The van der Waals surface area contributed by atoms with E-state index in [1.807, 2.05) is 6.07 Å². The first kappa shape index (κ1) is 18.3. The quantitative estimate of drug-likeness (QED) is 0.677. The average Bonchev–Trinajstić information content (AvgIpc) is 3.05. The first-order valence-corrected chi connectivity index (χ1v) is 11.5. The minimum atomic E-state index is -3.73. The third-order valence-electron chi connectivity index (χ3n) is 5.06. The van der Waals surface area contributed by atoms with Crippen LogP contribution in [0, 0.1) is 0 Å². The Kier molecular flexibility index (Phi) is 4.88. The Labute approximate surface area is 162 Å². The molecule has 1 aromatic carbocycles. The van der Waals surface area contributed by atoms with Gasteiger partial charge in [0.2, 0.25) is 10.0 Å². The summed E-state index contributed by atoms with van der Waals surface area (Å²) < 4.78 is 23.4. The van der Waals surface area contributed by atoms with Crippen molar-refractivity contribution in [1.29, 1.82) is 0 Å². The summed E-state index contributed by atoms with van der Waals surface area (Å²) in [5, 5.41) is 9.94. The van der Waals surface area contributed by atoms with Gasteiger partial charge >= 0.3 is 0 Å². The van der Waals surface area contributed by atoms with Gasteiger partial charge < -0.3 is 5.32 Å². The van der Waals surface area contributed by atoms with E-state index < -0.39 is 10.0 Å². The molecule has 3 N–H and O–H groups in total. The number of rotatable bonds is 5. The number of primary sulfonamides is 1. The second kappa shape index (κ2) is 7.18. The van der Waals surface area contributed by atoms with Crippen LogP contribution in [0.3, 0.4) is 0 Å². The molecule has 0 amide bonds. The molecule has 2 aromatic heterocycles. The highest BCUT2D eigenvalue weighted by molar-refractivity contribution is 7.89. The molecule has 0 radical (unpaired) electrons. The lowest BCUT2D eigenvalue weighted by atomic mass is 9.96. The number of benzene rings is 1. The van der Waals surface area contributed by atoms with Crippen molar-refractivity contribution >= 4 is 37.4 Å². The maximum atomic E-state index is 11.7. The number of nitrogens with one attached hydrogen (secondary N) is 1. The zero-order chi connectivity index (χ0) is 19.0. The Morgan fingerprint density at radius 2 is 2.07 bits per heavy atom. The fourth-order valence-electron chi connectivity index (χ4n) is 3.69. The fourth-order valence-corrected chi connectivity index (χ4v) is 5.49. The number of sulfonamides is 1. The highest BCUT2D eigenvalue weighted by atomic mass is 32.2. The van der Waals surface area contributed by atoms with Crippen LogP contribution >= 0.6 is 11.3 Å². The highest BCUT2D eigenvalue weighted by Crippen LogP contribution is 2.39. The third-order valence-corrected chi connectivity index (χ3v) is 7.17. The van der Waals surface area contributed by atoms with Gasteiger partial charge in [-0.15, -0.1) is 11.3 Å². The van der Waals surface area contributed by atoms with Gasteiger partial charge in [0.25, 0.3) is 0 Å². The topological polar surface area (TPSA) is 98.0 Å². The molecule has 2 heterocycles. The van der Waals surface area contributed by atoms with Gasteiger partial charge in [0.1, 0.15) is 17.0 Å². The molecule has 0 saturated carbocycles. The lowest BCUT2D eigenvalue weighted by Gasteiger charge is -2.20. The molecule has 27 heavy (non-hydrogen) atoms. The van der Waals surface area contributed by atoms with E-state index in [0.29, 0.717) is 0 Å². The minimum Gasteiger partial charge on any atom is -0.363 e. The Morgan fingerprint density at radius 1 is 1.26 bits per heavy atom. The predicted molar refractivity (Wildman–Crippen MR) is 109 cm³/mol. The zero-order valence-corrected chi connectivity index (χ0v) is 16.7. The van der Waals surface area contributed by atoms with Crippen molar-refractivity contribution in [3.05, 3.63) is 46.6 Å². The van der Waals surface area contributed by atoms with Gasteiger partial charge in [-0.05, 0) is 55.4 Å². The summed E-state index contributed by atoms with van der Waals surface area (Å²) in [6.45, 7) is 2.06. The van der Waals surface area contributed by atoms with Crippen molar-refractivity contribution < 1.29 is 8.42 Å². The lowest BCUT2D eigenvalue weighted by molar-refractivity contribution is 0.597. The molecular weight excluding hydrogens is 380 g/mol. The van der Waals surface area contributed by atoms with Crippen molar-refractivity contribution in [3.8, 4) is 0 Å². The van der Waals surface area contributed by atoms with E-state index in [1.165, 1.54) is 29.3 Å². The number of hydrogen-bond acceptors (Lipinski definition) is 6. The van der Waals surface area contributed by atoms with E-state index in [1.54, 1.807) is 29.8 Å². The molecule has 0 saturated heterocycles. The molecule has 1 atom stereocenters. The summed E-state index contributed by atoms with van der Waals surface area (Å²) in [5.74, 6) is 0.826. The van der Waals surface area contributed by atoms with Crippen LogP contribution in [0.5, 0.6) is 0 Å². The van der Waals surface area contributed by atoms with Crippen LogP contribution < -0.4 is 10.5 Å². The molecule has 0 bridgehead atoms. The number of fused-ring (bicyclic) bond motifs is 3. The van der Waals surface area contributed by atoms with Gasteiger partial charge in [-0.2, -0.15) is 0 Å². The van der Waals surface area contributed by atoms with Crippen LogP contribution in [-0.4, -0.2) is 18.4 Å². The van der Waals surface area contributed by atoms with E-state index in [4.69, 9.17) is 5.14 Å². The van der Waals surface area contributed by atoms with E-state index in [9.17, 15) is 8.42 Å². The van der Waals surface area contributed by atoms with E-state index in [-0.39, 0.29) is 10.9 Å². The standard InChI is InChI=1S/C19H22N4O2S2/c1-2-15(12-6-5-7-13(10-12)27(20,24)25)23-18-17-14-8-3-4-9-16(14)26-19(17)22-11-21-18/h5-7,10-11,15H,2-4,8-9H2,1H3,(H2,20,24,25)(H,21,22,23). The molecule has 0 spiro atoms. The first-order valence-electron chi connectivity index (χ1n) is 9.12. The second-order valence-corrected chi connectivity index (χ2v) is 9.48. The van der Waals surface area contributed by atoms with Gasteiger partial charge in [-0.25, -0.2) is 23.5 Å². The fraction of sp³-hybridized carbons (Fsp3) is 0.368. The number of aryl methyl sites for hydroxylation is 2. The molecule has 4 rings (SSSR count). The highest BCUT2D eigenvalue weighted by Gasteiger charge is 2.21. The average molecular weight is 403 g/mol. The van der Waals surface area contributed by atoms with Crippen LogP contribution in [0.25, 0.3) is 10.2 Å². The summed E-state index contributed by atoms with van der Waals surface area (Å²) in [5.41, 5.74) is 2.25. The molecule has 1 aliphatic rings. The van der Waals surface area contributed by atoms with Crippen LogP contribution in [0.4, 0.5) is 5.82 Å². The molecular formula is C19H22N4O2S2. The number of nitrogens with zero attached hydrogens (tertiary/aromatic N) is 2. The predicted octanol–water partition coefficient (Wildman–Crippen LogP) is 3.78. The van der Waals surface area contributed by atoms with Crippen molar-refractivity contribution in [2.24, 2.45) is 5.14 Å². The molecule has 142 valence electrons. The van der Waals surface area contributed by atoms with Gasteiger partial charge in [-0.1, -0.05) is 19.1 Å². The molecule has 3 aromatic rings. The summed E-state index contributed by atoms with van der Waals surface area (Å²) in [7, 11) is -3.73. The SMILES string of the molecule is CCC(Nc1ncnc2sc3c(c12)CCCC3)c1cccc(S(N)(=O)=O)c1. The van der Waals surface area contributed by atoms with Gasteiger partial charge in [0.15, 0.2) is 0 Å². The largest absolute Gasteiger partial charge is 0.363 e. The Hall–Kier alpha value is -2.03. The molecule has 0 fully saturated rings. The van der Waals surface area contributed by atoms with Crippen molar-refractivity contribution in [1.82, 2.24) is 9.97 Å². The molecule has 0 aliphatic heterocycles. The summed E-state index contributed by atoms with van der Waals surface area (Å²) >= 11 is 1.76. The van der Waals surface area contributed by atoms with Crippen LogP contribution in [0.15, 0.2) is 35.5 Å². The van der Waals surface area contributed by atoms with Gasteiger partial charge in [-0.3, -0.25) is 0 Å². The Morgan fingerprint density at radius 3 is 2.85 bits per heavy atom. The molecule has 1 aliphatic carbocycles. The van der Waals surface area contributed by atoms with Crippen LogP contribution in [0.1, 0.15) is 48.2 Å². The van der Waals surface area contributed by atoms with Crippen molar-refractivity contribution in [3.63, 3.8) is 0 Å². The second-order valence-electron chi connectivity index (χ2n) is 6.84. The molecule has 8 heteroatoms. The van der Waals surface area contributed by atoms with Gasteiger partial charge in [0, 0.05) is 4.88 Å². The molecule has 6 nitrogen and oxygen atoms in total. The summed E-state index contributed by atoms with van der Waals surface area (Å²) in [6, 6.07) is 6.73. The monoisotopic (exact) mass is 402 g/mol. The maximum absolute atomic E-state index is 11.7. The normalized spacial score (nSPS) is 15.5. The smallest absolute Gasteiger partial charge is 0.238 e. The van der Waals surface area contributed by atoms with Gasteiger partial charge in [0.05, 0.1) is 16.3 Å². The Balaban J connectivity index is 1.73. The number of hydrogen-bond donors (Lipinski definition) is 2. The van der Waals surface area contributed by atoms with Crippen molar-refractivity contribution in [2.45, 2.75) is 50.0 Å². The number of thiophene rings is 1. The van der Waals surface area contributed by atoms with E-state index in [0.717, 1.165) is 40.9 Å². The lowest BCUT2D eigenvalue weighted by Crippen LogP contribution is -2.15. The minimum absolute atomic E-state index is 0.0658. The number of anilines is 1. The van der Waals surface area contributed by atoms with E-state index in [2.05, 4.69) is 22.2 Å². The summed E-state index contributed by atoms with van der Waals surface area (Å²) in [4.78, 5) is 11.6. The van der Waals surface area contributed by atoms with Crippen LogP contribution in [-0.2, 0) is 22.9 Å². The maximum Gasteiger partial charge on any atom is 0.238 e. The first-order chi connectivity index (χ1) is 13.0. The molecule has 1 unspecified atom stereocenters.